The van der Waals surface area contributed by atoms with Crippen LogP contribution < -0.4 is 25.0 Å². The van der Waals surface area contributed by atoms with Gasteiger partial charge in [0.15, 0.2) is 17.4 Å². The van der Waals surface area contributed by atoms with Gasteiger partial charge in [0.25, 0.3) is 0 Å². The lowest BCUT2D eigenvalue weighted by molar-refractivity contribution is -0.142. The number of carbonyl (C=O) groups excluding carboxylic acids is 2. The fourth-order valence-corrected chi connectivity index (χ4v) is 12.7. The molecule has 4 N–H and O–H groups in total. The van der Waals surface area contributed by atoms with E-state index in [2.05, 4.69) is 32.7 Å². The Morgan fingerprint density at radius 2 is 1.67 bits per heavy atom. The number of hydrogen-bond acceptors (Lipinski definition) is 16. The normalized spacial score (nSPS) is 18.7. The van der Waals surface area contributed by atoms with E-state index in [1.807, 2.05) is 11.0 Å². The number of anilines is 1. The van der Waals surface area contributed by atoms with E-state index in [-0.39, 0.29) is 98.5 Å². The van der Waals surface area contributed by atoms with Gasteiger partial charge in [-0.25, -0.2) is 17.9 Å². The van der Waals surface area contributed by atoms with Crippen molar-refractivity contribution in [2.75, 3.05) is 44.9 Å². The van der Waals surface area contributed by atoms with Crippen LogP contribution in [-0.2, 0) is 27.1 Å². The maximum Gasteiger partial charge on any atom is 0.417 e. The largest absolute Gasteiger partial charge is 0.486 e. The molecule has 0 saturated carbocycles. The van der Waals surface area contributed by atoms with Crippen molar-refractivity contribution in [1.29, 1.82) is 5.26 Å². The second-order valence-electron chi connectivity index (χ2n) is 22.2. The smallest absolute Gasteiger partial charge is 0.417 e. The highest BCUT2D eigenvalue weighted by Gasteiger charge is 2.44. The van der Waals surface area contributed by atoms with Crippen LogP contribution in [0, 0.1) is 34.7 Å². The molecule has 2 bridgehead atoms. The number of fused-ring (bicyclic) bond motifs is 4. The number of β-amino-alcohol motifs (C(OH)–C–C–N with tert-alkyl or cyclic N) is 1. The van der Waals surface area contributed by atoms with Gasteiger partial charge in [-0.05, 0) is 72.9 Å². The lowest BCUT2D eigenvalue weighted by Crippen LogP contribution is -2.51. The van der Waals surface area contributed by atoms with Crippen LogP contribution >= 0.6 is 11.3 Å². The van der Waals surface area contributed by atoms with Gasteiger partial charge < -0.3 is 44.9 Å². The van der Waals surface area contributed by atoms with Crippen LogP contribution in [0.15, 0.2) is 96.1 Å². The summed E-state index contributed by atoms with van der Waals surface area (Å²) in [4.78, 5) is 45.2. The molecule has 7 atom stereocenters. The lowest BCUT2D eigenvalue weighted by atomic mass is 9.92. The van der Waals surface area contributed by atoms with E-state index in [4.69, 9.17) is 24.2 Å². The highest BCUT2D eigenvalue weighted by molar-refractivity contribution is 7.23. The van der Waals surface area contributed by atoms with E-state index < -0.39 is 89.4 Å². The molecule has 6 heterocycles. The Morgan fingerprint density at radius 3 is 2.33 bits per heavy atom. The van der Waals surface area contributed by atoms with Gasteiger partial charge in [0.2, 0.25) is 11.8 Å². The summed E-state index contributed by atoms with van der Waals surface area (Å²) in [5.74, 6) is -4.56. The van der Waals surface area contributed by atoms with Crippen molar-refractivity contribution in [3.63, 3.8) is 0 Å². The zero-order valence-electron chi connectivity index (χ0n) is 47.5. The average molecular weight is 1220 g/mol. The van der Waals surface area contributed by atoms with Gasteiger partial charge in [-0.15, -0.1) is 16.4 Å². The van der Waals surface area contributed by atoms with Crippen molar-refractivity contribution < 1.29 is 60.4 Å². The van der Waals surface area contributed by atoms with Crippen molar-refractivity contribution in [3.8, 4) is 51.3 Å². The summed E-state index contributed by atoms with van der Waals surface area (Å²) in [6, 6.07) is 18.7. The molecule has 25 heteroatoms. The summed E-state index contributed by atoms with van der Waals surface area (Å²) in [6.07, 6.45) is -3.36. The molecule has 0 spiro atoms. The molecule has 3 fully saturated rings. The Morgan fingerprint density at radius 1 is 0.943 bits per heavy atom. The number of aromatic nitrogens is 5. The number of aliphatic hydroxyl groups is 2. The van der Waals surface area contributed by atoms with Crippen LogP contribution in [0.25, 0.3) is 54.5 Å². The maximum atomic E-state index is 16.0. The molecule has 3 aromatic heterocycles. The monoisotopic (exact) mass is 1220 g/mol. The molecule has 18 nitrogen and oxygen atoms in total. The van der Waals surface area contributed by atoms with E-state index in [0.29, 0.717) is 41.0 Å². The van der Waals surface area contributed by atoms with Crippen molar-refractivity contribution >= 4 is 61.7 Å². The molecule has 8 aromatic rings. The molecular weight excluding hydrogens is 1160 g/mol. The van der Waals surface area contributed by atoms with Gasteiger partial charge in [-0.2, -0.15) is 28.4 Å². The third kappa shape index (κ3) is 11.9. The number of nitriles is 1. The minimum Gasteiger partial charge on any atom is -0.486 e. The van der Waals surface area contributed by atoms with E-state index in [0.717, 1.165) is 42.4 Å². The number of hydrogen-bond donors (Lipinski definition) is 4. The molecule has 3 aliphatic heterocycles. The minimum absolute atomic E-state index is 0.0103. The van der Waals surface area contributed by atoms with Crippen LogP contribution in [0.3, 0.4) is 0 Å². The molecular formula is C62H59F6N11O7S. The fraction of sp³-hybridized carbons (Fsp3) is 0.355. The minimum atomic E-state index is -5.06. The van der Waals surface area contributed by atoms with Crippen molar-refractivity contribution in [3.05, 3.63) is 131 Å². The molecule has 2 amide bonds. The Balaban J connectivity index is 0.896. The number of thiophene rings is 1. The van der Waals surface area contributed by atoms with Crippen molar-refractivity contribution in [2.24, 2.45) is 10.9 Å². The highest BCUT2D eigenvalue weighted by atomic mass is 32.1. The number of ether oxygens (including phenoxy) is 3. The zero-order valence-corrected chi connectivity index (χ0v) is 48.3. The van der Waals surface area contributed by atoms with Crippen LogP contribution in [0.1, 0.15) is 74.4 Å². The molecule has 87 heavy (non-hydrogen) atoms. The second kappa shape index (κ2) is 24.7. The molecule has 0 radical (unpaired) electrons. The number of aliphatic hydroxyl groups excluding tert-OH is 2. The summed E-state index contributed by atoms with van der Waals surface area (Å²) >= 11 is 0.779. The van der Waals surface area contributed by atoms with E-state index in [1.165, 1.54) is 47.0 Å². The number of carbonyl (C=O) groups is 2. The van der Waals surface area contributed by atoms with Gasteiger partial charge in [0.05, 0.1) is 46.9 Å². The van der Waals surface area contributed by atoms with Crippen LogP contribution in [0.2, 0.25) is 0 Å². The molecule has 2 unspecified atom stereocenters. The quantitative estimate of drug-likeness (QED) is 0.0437. The number of benzene rings is 5. The van der Waals surface area contributed by atoms with E-state index in [9.17, 15) is 33.8 Å². The van der Waals surface area contributed by atoms with Gasteiger partial charge >= 0.3 is 12.2 Å². The number of nitrogens with zero attached hydrogens (tertiary/aromatic N) is 9. The van der Waals surface area contributed by atoms with Crippen LogP contribution in [0.4, 0.5) is 37.2 Å². The first-order valence-electron chi connectivity index (χ1n) is 28.1. The first-order chi connectivity index (χ1) is 41.8. The molecule has 5 aromatic carbocycles. The second-order valence-corrected chi connectivity index (χ2v) is 23.2. The molecule has 11 rings (SSSR count). The number of aliphatic imine (C=N–C) groups is 1. The summed E-state index contributed by atoms with van der Waals surface area (Å²) in [5.41, 5.74) is 0.143. The van der Waals surface area contributed by atoms with Gasteiger partial charge in [-0.1, -0.05) is 85.8 Å². The summed E-state index contributed by atoms with van der Waals surface area (Å²) in [5, 5.41) is 46.7. The first kappa shape index (κ1) is 60.2. The number of amides is 2. The number of nitrogens with one attached hydrogen (secondary N) is 2. The number of piperazine rings is 1. The predicted molar refractivity (Wildman–Crippen MR) is 313 cm³/mol. The molecule has 3 saturated heterocycles. The topological polar surface area (TPSA) is 225 Å². The number of halogens is 6. The van der Waals surface area contributed by atoms with E-state index in [1.54, 1.807) is 63.4 Å². The molecule has 452 valence electrons. The predicted octanol–water partition coefficient (Wildman–Crippen LogP) is 10.0. The SMILES string of the molecule is C=Nc1sc2c(F)ccc(-c3c(C(F)(F)F)cc4c(N5CC6CCC(C5)N6)nc(OC[C@H](C)OC)nc4c3OCc3ccc(-c4cn([C@H](C(=O)N5C[C@H](O)C[C@H]5C(=O)N[C@@H](CO)c5ccc(-c6cccc(F)c6F)cc5)C(C)C)nn4)cc3)c2c1C#N. The molecule has 0 aliphatic carbocycles. The fourth-order valence-electron chi connectivity index (χ4n) is 11.7. The van der Waals surface area contributed by atoms with Crippen molar-refractivity contribution in [2.45, 2.75) is 95.2 Å². The first-order valence-corrected chi connectivity index (χ1v) is 28.9. The maximum absolute atomic E-state index is 16.0. The summed E-state index contributed by atoms with van der Waals surface area (Å²) in [7, 11) is 1.50. The standard InChI is InChI=1S/C62H59F6N11O7S/c1-31(2)54(60(83)78-26-39(81)21-49(78)58(82)72-48(28-80)36-15-13-34(14-16-36)40-7-6-8-45(63)52(40)65)79-27-47(75-76-79)35-11-9-33(10-12-35)30-85-55-51(41-19-20-46(64)56-50(41)43(23-69)59(70-4)87-56)44(62(66,67)68)22-42-53(55)73-61(86-29-32(3)84-5)74-57(42)77-24-37-17-18-38(25-77)71-37/h6-16,19-20,22,27,31-32,37-39,48-49,54,71,80-81H,4,17-18,21,24-26,28-30H2,1-3,5H3,(H,72,82)/t32-,37?,38?,39+,48-,49-,54-/m0/s1. The Kier molecular flexibility index (Phi) is 17.1. The zero-order chi connectivity index (χ0) is 61.6. The summed E-state index contributed by atoms with van der Waals surface area (Å²) in [6.45, 7) is 8.66. The third-order valence-electron chi connectivity index (χ3n) is 16.1. The number of alkyl halides is 3. The van der Waals surface area contributed by atoms with E-state index >= 15 is 17.6 Å². The Hall–Kier alpha value is -8.54. The highest BCUT2D eigenvalue weighted by Crippen LogP contribution is 2.52. The van der Waals surface area contributed by atoms with Crippen LogP contribution in [-0.4, -0.2) is 129 Å². The van der Waals surface area contributed by atoms with Gasteiger partial charge in [0, 0.05) is 72.7 Å². The average Bonchev–Trinajstić information content (AvgIpc) is 1.67. The van der Waals surface area contributed by atoms with Crippen LogP contribution in [0.5, 0.6) is 11.8 Å². The number of rotatable bonds is 19. The third-order valence-corrected chi connectivity index (χ3v) is 17.3. The lowest BCUT2D eigenvalue weighted by Gasteiger charge is -2.34. The Labute approximate surface area is 499 Å². The number of likely N-dealkylation sites (tertiary alicyclic amines) is 1. The Bertz CT molecular complexity index is 3960. The van der Waals surface area contributed by atoms with Gasteiger partial charge in [0.1, 0.15) is 59.2 Å². The van der Waals surface area contributed by atoms with Gasteiger partial charge in [-0.3, -0.25) is 14.6 Å². The number of methoxy groups -OCH3 is 1. The van der Waals surface area contributed by atoms with Crippen molar-refractivity contribution in [1.82, 2.24) is 40.5 Å². The molecule has 3 aliphatic rings. The summed E-state index contributed by atoms with van der Waals surface area (Å²) < 4.78 is 112.